The average molecular weight is 524 g/mol. The summed E-state index contributed by atoms with van der Waals surface area (Å²) in [5, 5.41) is 6.55. The maximum Gasteiger partial charge on any atom is 0.257 e. The van der Waals surface area contributed by atoms with Gasteiger partial charge in [0.05, 0.1) is 11.4 Å². The van der Waals surface area contributed by atoms with E-state index in [-0.39, 0.29) is 16.9 Å². The van der Waals surface area contributed by atoms with Crippen LogP contribution >= 0.6 is 39.7 Å². The van der Waals surface area contributed by atoms with Crippen LogP contribution in [0, 0.1) is 0 Å². The summed E-state index contributed by atoms with van der Waals surface area (Å²) in [6.07, 6.45) is 1.44. The Bertz CT molecular complexity index is 980. The first-order valence-electron chi connectivity index (χ1n) is 10.1. The smallest absolute Gasteiger partial charge is 0.257 e. The second-order valence-electron chi connectivity index (χ2n) is 7.20. The van der Waals surface area contributed by atoms with Gasteiger partial charge in [-0.1, -0.05) is 40.5 Å². The number of benzene rings is 2. The number of rotatable bonds is 5. The average Bonchev–Trinajstić information content (AvgIpc) is 2.74. The normalized spacial score (nSPS) is 13.6. The van der Waals surface area contributed by atoms with E-state index in [9.17, 15) is 9.59 Å². The van der Waals surface area contributed by atoms with Gasteiger partial charge in [0.25, 0.3) is 5.91 Å². The molecule has 0 aliphatic carbocycles. The van der Waals surface area contributed by atoms with Crippen LogP contribution in [0.5, 0.6) is 0 Å². The van der Waals surface area contributed by atoms with Gasteiger partial charge in [-0.3, -0.25) is 14.9 Å². The van der Waals surface area contributed by atoms with Crippen molar-refractivity contribution in [1.29, 1.82) is 0 Å². The van der Waals surface area contributed by atoms with E-state index in [1.807, 2.05) is 30.0 Å². The summed E-state index contributed by atoms with van der Waals surface area (Å²) in [7, 11) is 0. The third kappa shape index (κ3) is 6.41. The Kier molecular flexibility index (Phi) is 8.28. The zero-order valence-electron chi connectivity index (χ0n) is 17.2. The van der Waals surface area contributed by atoms with Crippen LogP contribution in [0.15, 0.2) is 46.9 Å². The van der Waals surface area contributed by atoms with E-state index >= 15 is 0 Å². The minimum absolute atomic E-state index is 0.185. The standard InChI is InChI=1S/C22H24BrClN4O2S/c1-2-4-20(29)28-11-9-27(10-12-28)19-8-7-17(24)14-18(19)25-22(31)26-21(30)15-5-3-6-16(23)13-15/h3,5-8,13-14H,2,4,9-12H2,1H3,(H2,25,26,30,31). The predicted molar refractivity (Wildman–Crippen MR) is 133 cm³/mol. The summed E-state index contributed by atoms with van der Waals surface area (Å²) in [6, 6.07) is 12.6. The minimum Gasteiger partial charge on any atom is -0.366 e. The van der Waals surface area contributed by atoms with E-state index in [4.69, 9.17) is 23.8 Å². The SMILES string of the molecule is CCCC(=O)N1CCN(c2ccc(Cl)cc2NC(=S)NC(=O)c2cccc(Br)c2)CC1. The first-order valence-corrected chi connectivity index (χ1v) is 11.7. The van der Waals surface area contributed by atoms with Crippen molar-refractivity contribution in [3.8, 4) is 0 Å². The third-order valence-electron chi connectivity index (χ3n) is 4.96. The first-order chi connectivity index (χ1) is 14.9. The molecule has 31 heavy (non-hydrogen) atoms. The molecule has 1 saturated heterocycles. The fourth-order valence-electron chi connectivity index (χ4n) is 3.41. The monoisotopic (exact) mass is 522 g/mol. The molecule has 0 bridgehead atoms. The first kappa shape index (κ1) is 23.5. The summed E-state index contributed by atoms with van der Waals surface area (Å²) in [5.74, 6) is -0.0986. The molecule has 0 saturated carbocycles. The van der Waals surface area contributed by atoms with Gasteiger partial charge in [-0.15, -0.1) is 0 Å². The molecule has 1 aliphatic heterocycles. The number of hydrogen-bond donors (Lipinski definition) is 2. The highest BCUT2D eigenvalue weighted by Gasteiger charge is 2.22. The number of hydrogen-bond acceptors (Lipinski definition) is 4. The molecule has 2 N–H and O–H groups in total. The van der Waals surface area contributed by atoms with Crippen LogP contribution in [0.2, 0.25) is 5.02 Å². The third-order valence-corrected chi connectivity index (χ3v) is 5.89. The largest absolute Gasteiger partial charge is 0.366 e. The second-order valence-corrected chi connectivity index (χ2v) is 8.96. The molecular weight excluding hydrogens is 500 g/mol. The molecule has 0 aromatic heterocycles. The fourth-order valence-corrected chi connectivity index (χ4v) is 4.19. The molecule has 3 rings (SSSR count). The Labute approximate surface area is 201 Å². The number of carbonyl (C=O) groups is 2. The van der Waals surface area contributed by atoms with Gasteiger partial charge in [-0.25, -0.2) is 0 Å². The zero-order valence-corrected chi connectivity index (χ0v) is 20.3. The Hall–Kier alpha value is -2.16. The lowest BCUT2D eigenvalue weighted by Crippen LogP contribution is -2.49. The maximum atomic E-state index is 12.5. The quantitative estimate of drug-likeness (QED) is 0.557. The van der Waals surface area contributed by atoms with E-state index in [2.05, 4.69) is 31.5 Å². The van der Waals surface area contributed by atoms with Crippen molar-refractivity contribution in [2.45, 2.75) is 19.8 Å². The number of anilines is 2. The highest BCUT2D eigenvalue weighted by atomic mass is 79.9. The Morgan fingerprint density at radius 3 is 2.55 bits per heavy atom. The van der Waals surface area contributed by atoms with E-state index < -0.39 is 0 Å². The van der Waals surface area contributed by atoms with Gasteiger partial charge in [0.2, 0.25) is 5.91 Å². The van der Waals surface area contributed by atoms with Crippen LogP contribution in [0.4, 0.5) is 11.4 Å². The van der Waals surface area contributed by atoms with Crippen LogP contribution in [0.3, 0.4) is 0 Å². The molecule has 0 atom stereocenters. The van der Waals surface area contributed by atoms with Crippen LogP contribution in [-0.2, 0) is 4.79 Å². The van der Waals surface area contributed by atoms with Gasteiger partial charge < -0.3 is 15.1 Å². The number of amides is 2. The van der Waals surface area contributed by atoms with E-state index in [0.717, 1.165) is 16.6 Å². The lowest BCUT2D eigenvalue weighted by Gasteiger charge is -2.37. The number of thiocarbonyl (C=S) groups is 1. The van der Waals surface area contributed by atoms with Crippen molar-refractivity contribution >= 4 is 68.1 Å². The van der Waals surface area contributed by atoms with Crippen molar-refractivity contribution in [3.05, 3.63) is 57.5 Å². The molecule has 2 aromatic carbocycles. The zero-order chi connectivity index (χ0) is 22.4. The van der Waals surface area contributed by atoms with E-state index in [1.54, 1.807) is 24.3 Å². The molecule has 9 heteroatoms. The van der Waals surface area contributed by atoms with E-state index in [1.165, 1.54) is 0 Å². The number of nitrogens with one attached hydrogen (secondary N) is 2. The molecule has 1 heterocycles. The maximum absolute atomic E-state index is 12.5. The van der Waals surface area contributed by atoms with Crippen molar-refractivity contribution in [2.24, 2.45) is 0 Å². The lowest BCUT2D eigenvalue weighted by molar-refractivity contribution is -0.131. The highest BCUT2D eigenvalue weighted by molar-refractivity contribution is 9.10. The summed E-state index contributed by atoms with van der Waals surface area (Å²) in [6.45, 7) is 4.78. The van der Waals surface area contributed by atoms with Gasteiger partial charge in [0.15, 0.2) is 5.11 Å². The molecular formula is C22H24BrClN4O2S. The van der Waals surface area contributed by atoms with Crippen LogP contribution in [-0.4, -0.2) is 48.0 Å². The van der Waals surface area contributed by atoms with Gasteiger partial charge in [-0.2, -0.15) is 0 Å². The molecule has 6 nitrogen and oxygen atoms in total. The molecule has 2 aromatic rings. The highest BCUT2D eigenvalue weighted by Crippen LogP contribution is 2.30. The Morgan fingerprint density at radius 2 is 1.87 bits per heavy atom. The minimum atomic E-state index is -0.301. The van der Waals surface area contributed by atoms with Crippen LogP contribution < -0.4 is 15.5 Å². The second kappa shape index (κ2) is 10.9. The van der Waals surface area contributed by atoms with Crippen molar-refractivity contribution < 1.29 is 9.59 Å². The fraction of sp³-hybridized carbons (Fsp3) is 0.318. The summed E-state index contributed by atoms with van der Waals surface area (Å²) in [4.78, 5) is 28.7. The van der Waals surface area contributed by atoms with Gasteiger partial charge in [0, 0.05) is 47.7 Å². The molecule has 0 unspecified atom stereocenters. The number of carbonyl (C=O) groups excluding carboxylic acids is 2. The predicted octanol–water partition coefficient (Wildman–Crippen LogP) is 4.68. The summed E-state index contributed by atoms with van der Waals surface area (Å²) in [5.41, 5.74) is 2.13. The number of nitrogens with zero attached hydrogens (tertiary/aromatic N) is 2. The molecule has 1 aliphatic rings. The van der Waals surface area contributed by atoms with Crippen molar-refractivity contribution in [1.82, 2.24) is 10.2 Å². The van der Waals surface area contributed by atoms with E-state index in [0.29, 0.717) is 48.9 Å². The number of halogens is 2. The topological polar surface area (TPSA) is 64.7 Å². The number of piperazine rings is 1. The Balaban J connectivity index is 1.67. The molecule has 0 spiro atoms. The van der Waals surface area contributed by atoms with Gasteiger partial charge >= 0.3 is 0 Å². The van der Waals surface area contributed by atoms with Crippen LogP contribution in [0.1, 0.15) is 30.1 Å². The molecule has 164 valence electrons. The molecule has 0 radical (unpaired) electrons. The lowest BCUT2D eigenvalue weighted by atomic mass is 10.2. The van der Waals surface area contributed by atoms with Crippen molar-refractivity contribution in [3.63, 3.8) is 0 Å². The molecule has 2 amide bonds. The molecule has 1 fully saturated rings. The summed E-state index contributed by atoms with van der Waals surface area (Å²) < 4.78 is 0.813. The van der Waals surface area contributed by atoms with Gasteiger partial charge in [-0.05, 0) is 55.0 Å². The van der Waals surface area contributed by atoms with Crippen LogP contribution in [0.25, 0.3) is 0 Å². The summed E-state index contributed by atoms with van der Waals surface area (Å²) >= 11 is 14.9. The van der Waals surface area contributed by atoms with Gasteiger partial charge in [0.1, 0.15) is 0 Å². The van der Waals surface area contributed by atoms with Crippen molar-refractivity contribution in [2.75, 3.05) is 36.4 Å². The Morgan fingerprint density at radius 1 is 1.13 bits per heavy atom.